The van der Waals surface area contributed by atoms with Gasteiger partial charge in [0.15, 0.2) is 6.61 Å². The van der Waals surface area contributed by atoms with Gasteiger partial charge < -0.3 is 20.6 Å². The molecule has 3 N–H and O–H groups in total. The lowest BCUT2D eigenvalue weighted by molar-refractivity contribution is -0.142. The van der Waals surface area contributed by atoms with Gasteiger partial charge in [-0.05, 0) is 106 Å². The number of fused-ring (bicyclic) bond motifs is 5. The van der Waals surface area contributed by atoms with E-state index in [-0.39, 0.29) is 23.4 Å². The van der Waals surface area contributed by atoms with Crippen LogP contribution in [0, 0.1) is 34.5 Å². The molecule has 4 rings (SSSR count). The summed E-state index contributed by atoms with van der Waals surface area (Å²) in [5.74, 6) is 0.427. The fourth-order valence-electron chi connectivity index (χ4n) is 8.80. The molecule has 9 heteroatoms. The second kappa shape index (κ2) is 12.7. The smallest absolute Gasteiger partial charge is 0.326 e. The normalized spacial score (nSPS) is 34.8. The predicted octanol–water partition coefficient (Wildman–Crippen LogP) is 4.79. The van der Waals surface area contributed by atoms with Crippen LogP contribution in [0.1, 0.15) is 105 Å². The Kier molecular flexibility index (Phi) is 9.64. The van der Waals surface area contributed by atoms with Crippen LogP contribution in [0.2, 0.25) is 0 Å². The van der Waals surface area contributed by atoms with Gasteiger partial charge in [-0.2, -0.15) is 0 Å². The third-order valence-electron chi connectivity index (χ3n) is 11.1. The summed E-state index contributed by atoms with van der Waals surface area (Å²) in [7, 11) is 0. The van der Waals surface area contributed by atoms with Crippen LogP contribution in [0.4, 0.5) is 0 Å². The van der Waals surface area contributed by atoms with Crippen LogP contribution >= 0.6 is 0 Å². The fourth-order valence-corrected chi connectivity index (χ4v) is 8.80. The number of unbranched alkanes of at least 4 members (excludes halogenated alkanes) is 1. The maximum atomic E-state index is 12.4. The molecule has 0 unspecified atom stereocenters. The number of carbonyl (C=O) groups is 4. The summed E-state index contributed by atoms with van der Waals surface area (Å²) in [6, 6.07) is -1.86. The van der Waals surface area contributed by atoms with Gasteiger partial charge in [0.05, 0.1) is 5.71 Å². The molecule has 3 saturated carbocycles. The summed E-state index contributed by atoms with van der Waals surface area (Å²) in [6.45, 7) is 9.73. The van der Waals surface area contributed by atoms with Crippen molar-refractivity contribution in [3.05, 3.63) is 11.6 Å². The van der Waals surface area contributed by atoms with E-state index >= 15 is 0 Å². The molecule has 0 aromatic heterocycles. The van der Waals surface area contributed by atoms with Crippen molar-refractivity contribution in [3.63, 3.8) is 0 Å². The summed E-state index contributed by atoms with van der Waals surface area (Å²) in [4.78, 5) is 53.9. The molecule has 41 heavy (non-hydrogen) atoms. The quantitative estimate of drug-likeness (QED) is 0.305. The van der Waals surface area contributed by atoms with Crippen molar-refractivity contribution in [2.24, 2.45) is 39.7 Å². The number of hydrogen-bond donors (Lipinski definition) is 3. The number of aliphatic carboxylic acids is 1. The van der Waals surface area contributed by atoms with Crippen molar-refractivity contribution in [1.82, 2.24) is 10.6 Å². The molecular formula is C32H49N3O6. The van der Waals surface area contributed by atoms with Gasteiger partial charge in [-0.15, -0.1) is 0 Å². The zero-order chi connectivity index (χ0) is 29.9. The van der Waals surface area contributed by atoms with E-state index in [9.17, 15) is 24.3 Å². The van der Waals surface area contributed by atoms with Gasteiger partial charge in [-0.3, -0.25) is 14.4 Å². The van der Waals surface area contributed by atoms with Gasteiger partial charge in [0.1, 0.15) is 17.9 Å². The number of ketones is 1. The molecule has 228 valence electrons. The second-order valence-corrected chi connectivity index (χ2v) is 13.5. The highest BCUT2D eigenvalue weighted by atomic mass is 16.6. The molecule has 9 nitrogen and oxygen atoms in total. The van der Waals surface area contributed by atoms with Crippen LogP contribution in [0.25, 0.3) is 0 Å². The SMILES string of the molecule is CCCC[C@@H](NC(=O)[C@H](C)NC(=O)CO/N=C1/C=C2CC[C@H]3[C@@H]4CC[C@H](C(C)=O)[C@@]4(C)CC[C@@H]3[C@@]2(C)CC1)C(=O)O. The number of carbonyl (C=O) groups excluding carboxylic acids is 3. The number of rotatable bonds is 11. The first kappa shape index (κ1) is 31.2. The summed E-state index contributed by atoms with van der Waals surface area (Å²) < 4.78 is 0. The summed E-state index contributed by atoms with van der Waals surface area (Å²) in [5, 5.41) is 18.6. The molecule has 0 aliphatic heterocycles. The van der Waals surface area contributed by atoms with E-state index in [2.05, 4.69) is 35.7 Å². The molecule has 0 spiro atoms. The Balaban J connectivity index is 1.30. The number of carboxylic acids is 1. The molecule has 4 aliphatic carbocycles. The summed E-state index contributed by atoms with van der Waals surface area (Å²) in [5.41, 5.74) is 2.57. The van der Waals surface area contributed by atoms with Crippen molar-refractivity contribution in [2.45, 2.75) is 117 Å². The number of oxime groups is 1. The van der Waals surface area contributed by atoms with Gasteiger partial charge in [0, 0.05) is 5.92 Å². The first-order valence-corrected chi connectivity index (χ1v) is 15.6. The Morgan fingerprint density at radius 3 is 2.51 bits per heavy atom. The zero-order valence-electron chi connectivity index (χ0n) is 25.5. The van der Waals surface area contributed by atoms with Crippen molar-refractivity contribution in [3.8, 4) is 0 Å². The van der Waals surface area contributed by atoms with E-state index in [1.807, 2.05) is 6.92 Å². The van der Waals surface area contributed by atoms with Crippen molar-refractivity contribution < 1.29 is 29.1 Å². The average Bonchev–Trinajstić information content (AvgIpc) is 3.28. The number of amides is 2. The Morgan fingerprint density at radius 1 is 1.07 bits per heavy atom. The van der Waals surface area contributed by atoms with Gasteiger partial charge in [-0.1, -0.05) is 44.3 Å². The lowest BCUT2D eigenvalue weighted by atomic mass is 9.46. The molecule has 0 radical (unpaired) electrons. The van der Waals surface area contributed by atoms with E-state index in [0.717, 1.165) is 50.7 Å². The molecule has 4 aliphatic rings. The largest absolute Gasteiger partial charge is 0.480 e. The zero-order valence-corrected chi connectivity index (χ0v) is 25.5. The van der Waals surface area contributed by atoms with E-state index in [0.29, 0.717) is 36.4 Å². The van der Waals surface area contributed by atoms with E-state index in [1.165, 1.54) is 25.3 Å². The van der Waals surface area contributed by atoms with Crippen molar-refractivity contribution >= 4 is 29.3 Å². The lowest BCUT2D eigenvalue weighted by Crippen LogP contribution is -2.51. The number of nitrogens with one attached hydrogen (secondary N) is 2. The Bertz CT molecular complexity index is 1100. The Labute approximate surface area is 244 Å². The third kappa shape index (κ3) is 6.38. The van der Waals surface area contributed by atoms with Crippen LogP contribution in [-0.2, 0) is 24.0 Å². The average molecular weight is 572 g/mol. The highest BCUT2D eigenvalue weighted by Crippen LogP contribution is 2.66. The fraction of sp³-hybridized carbons (Fsp3) is 0.781. The maximum Gasteiger partial charge on any atom is 0.326 e. The minimum Gasteiger partial charge on any atom is -0.480 e. The monoisotopic (exact) mass is 571 g/mol. The number of carboxylic acid groups (broad SMARTS) is 1. The summed E-state index contributed by atoms with van der Waals surface area (Å²) >= 11 is 0. The van der Waals surface area contributed by atoms with Crippen LogP contribution < -0.4 is 10.6 Å². The Hall–Kier alpha value is -2.71. The molecule has 0 saturated heterocycles. The number of nitrogens with zero attached hydrogens (tertiary/aromatic N) is 1. The van der Waals surface area contributed by atoms with Gasteiger partial charge >= 0.3 is 5.97 Å². The van der Waals surface area contributed by atoms with Crippen molar-refractivity contribution in [1.29, 1.82) is 0 Å². The third-order valence-corrected chi connectivity index (χ3v) is 11.1. The first-order valence-electron chi connectivity index (χ1n) is 15.6. The molecule has 0 aromatic carbocycles. The molecule has 0 heterocycles. The lowest BCUT2D eigenvalue weighted by Gasteiger charge is -2.58. The van der Waals surface area contributed by atoms with Crippen LogP contribution in [-0.4, -0.2) is 53.1 Å². The molecule has 0 bridgehead atoms. The minimum absolute atomic E-state index is 0.142. The highest BCUT2D eigenvalue weighted by molar-refractivity contribution is 5.96. The van der Waals surface area contributed by atoms with Crippen LogP contribution in [0.5, 0.6) is 0 Å². The molecule has 2 amide bonds. The molecule has 3 fully saturated rings. The number of allylic oxidation sites excluding steroid dienone is 2. The van der Waals surface area contributed by atoms with Gasteiger partial charge in [-0.25, -0.2) is 4.79 Å². The van der Waals surface area contributed by atoms with Crippen LogP contribution in [0.15, 0.2) is 16.8 Å². The topological polar surface area (TPSA) is 134 Å². The highest BCUT2D eigenvalue weighted by Gasteiger charge is 2.59. The van der Waals surface area contributed by atoms with Gasteiger partial charge in [0.2, 0.25) is 5.91 Å². The van der Waals surface area contributed by atoms with E-state index < -0.39 is 29.9 Å². The van der Waals surface area contributed by atoms with Crippen LogP contribution in [0.3, 0.4) is 0 Å². The Morgan fingerprint density at radius 2 is 1.83 bits per heavy atom. The minimum atomic E-state index is -1.09. The number of hydrogen-bond acceptors (Lipinski definition) is 6. The standard InChI is InChI=1S/C32H49N3O6/c1-6-7-8-27(30(39)40)34-29(38)19(2)33-28(37)18-41-35-22-13-15-31(4)21(17-22)9-10-23-25-12-11-24(20(3)36)32(25,5)16-14-26(23)31/h17,19,23-27H,6-16,18H2,1-5H3,(H,33,37)(H,34,38)(H,39,40)/b35-22+/t19-,23-,24+,25-,26-,27+,31-,32+/m0/s1. The summed E-state index contributed by atoms with van der Waals surface area (Å²) in [6.07, 6.45) is 12.6. The molecule has 8 atom stereocenters. The van der Waals surface area contributed by atoms with E-state index in [4.69, 9.17) is 4.84 Å². The van der Waals surface area contributed by atoms with Crippen molar-refractivity contribution in [2.75, 3.05) is 6.61 Å². The van der Waals surface area contributed by atoms with E-state index in [1.54, 1.807) is 6.92 Å². The number of Topliss-reactive ketones (excluding diaryl/α,β-unsaturated/α-hetero) is 1. The van der Waals surface area contributed by atoms with Gasteiger partial charge in [0.25, 0.3) is 5.91 Å². The first-order chi connectivity index (χ1) is 19.4. The maximum absolute atomic E-state index is 12.4. The second-order valence-electron chi connectivity index (χ2n) is 13.5. The predicted molar refractivity (Wildman–Crippen MR) is 156 cm³/mol. The molecule has 0 aromatic rings. The molecular weight excluding hydrogens is 522 g/mol.